The van der Waals surface area contributed by atoms with Gasteiger partial charge in [0.1, 0.15) is 0 Å². The Morgan fingerprint density at radius 1 is 0.958 bits per heavy atom. The van der Waals surface area contributed by atoms with Crippen molar-refractivity contribution in [3.05, 3.63) is 70.4 Å². The largest absolute Gasteiger partial charge is 0.354 e. The van der Waals surface area contributed by atoms with Gasteiger partial charge >= 0.3 is 0 Å². The Morgan fingerprint density at radius 2 is 1.79 bits per heavy atom. The maximum Gasteiger partial charge on any atom is 0.252 e. The highest BCUT2D eigenvalue weighted by atomic mass is 32.1. The number of carbonyl (C=O) groups is 2. The van der Waals surface area contributed by atoms with Gasteiger partial charge in [-0.3, -0.25) is 9.59 Å². The fourth-order valence-electron chi connectivity index (χ4n) is 2.46. The second kappa shape index (κ2) is 7.75. The van der Waals surface area contributed by atoms with Crippen molar-refractivity contribution < 1.29 is 9.59 Å². The van der Waals surface area contributed by atoms with Crippen molar-refractivity contribution in [1.82, 2.24) is 10.6 Å². The molecule has 2 aromatic carbocycles. The molecule has 0 spiro atoms. The fraction of sp³-hybridized carbons (Fsp3) is 0.158. The van der Waals surface area contributed by atoms with E-state index in [1.807, 2.05) is 17.5 Å². The smallest absolute Gasteiger partial charge is 0.252 e. The molecule has 0 aliphatic heterocycles. The number of amides is 2. The molecule has 0 atom stereocenters. The van der Waals surface area contributed by atoms with Gasteiger partial charge in [0.25, 0.3) is 5.91 Å². The van der Waals surface area contributed by atoms with Crippen LogP contribution in [0.25, 0.3) is 10.8 Å². The van der Waals surface area contributed by atoms with E-state index in [4.69, 9.17) is 0 Å². The molecule has 0 saturated carbocycles. The van der Waals surface area contributed by atoms with E-state index >= 15 is 0 Å². The Balaban J connectivity index is 1.43. The van der Waals surface area contributed by atoms with Crippen molar-refractivity contribution in [2.75, 3.05) is 13.1 Å². The molecule has 24 heavy (non-hydrogen) atoms. The van der Waals surface area contributed by atoms with E-state index in [1.54, 1.807) is 11.4 Å². The highest BCUT2D eigenvalue weighted by Gasteiger charge is 2.07. The second-order valence-corrected chi connectivity index (χ2v) is 6.26. The summed E-state index contributed by atoms with van der Waals surface area (Å²) in [5.74, 6) is -0.403. The molecule has 2 N–H and O–H groups in total. The summed E-state index contributed by atoms with van der Waals surface area (Å²) >= 11 is 1.45. The maximum absolute atomic E-state index is 11.8. The summed E-state index contributed by atoms with van der Waals surface area (Å²) in [6, 6.07) is 16.2. The normalized spacial score (nSPS) is 10.5. The van der Waals surface area contributed by atoms with Gasteiger partial charge in [-0.1, -0.05) is 42.5 Å². The molecule has 0 bridgehead atoms. The first kappa shape index (κ1) is 16.2. The Bertz CT molecular complexity index is 843. The molecule has 2 amide bonds. The van der Waals surface area contributed by atoms with Crippen LogP contribution in [0.2, 0.25) is 0 Å². The van der Waals surface area contributed by atoms with Crippen LogP contribution in [-0.4, -0.2) is 24.9 Å². The average molecular weight is 338 g/mol. The lowest BCUT2D eigenvalue weighted by molar-refractivity contribution is -0.120. The van der Waals surface area contributed by atoms with Crippen LogP contribution in [0, 0.1) is 0 Å². The quantitative estimate of drug-likeness (QED) is 0.726. The first-order valence-corrected chi connectivity index (χ1v) is 8.71. The minimum Gasteiger partial charge on any atom is -0.354 e. The number of benzene rings is 2. The third-order valence-electron chi connectivity index (χ3n) is 3.74. The molecule has 5 heteroatoms. The van der Waals surface area contributed by atoms with Gasteiger partial charge in [-0.05, 0) is 34.2 Å². The molecule has 1 heterocycles. The molecule has 0 aliphatic carbocycles. The zero-order chi connectivity index (χ0) is 16.8. The van der Waals surface area contributed by atoms with E-state index in [0.717, 1.165) is 6.42 Å². The molecule has 4 nitrogen and oxygen atoms in total. The Hall–Kier alpha value is -2.66. The van der Waals surface area contributed by atoms with Crippen LogP contribution >= 0.6 is 11.3 Å². The zero-order valence-corrected chi connectivity index (χ0v) is 13.9. The molecular weight excluding hydrogens is 320 g/mol. The lowest BCUT2D eigenvalue weighted by atomic mass is 10.1. The molecule has 0 radical (unpaired) electrons. The Labute approximate surface area is 144 Å². The van der Waals surface area contributed by atoms with Crippen LogP contribution in [0.5, 0.6) is 0 Å². The van der Waals surface area contributed by atoms with Crippen molar-refractivity contribution in [3.8, 4) is 0 Å². The van der Waals surface area contributed by atoms with Gasteiger partial charge in [-0.15, -0.1) is 0 Å². The molecule has 3 aromatic rings. The van der Waals surface area contributed by atoms with Gasteiger partial charge in [0.2, 0.25) is 5.91 Å². The van der Waals surface area contributed by atoms with E-state index in [9.17, 15) is 9.59 Å². The number of nitrogens with one attached hydrogen (secondary N) is 2. The van der Waals surface area contributed by atoms with Gasteiger partial charge in [0, 0.05) is 17.5 Å². The number of carbonyl (C=O) groups excluding carboxylic acids is 2. The third kappa shape index (κ3) is 4.20. The summed E-state index contributed by atoms with van der Waals surface area (Å²) in [7, 11) is 0. The van der Waals surface area contributed by atoms with Gasteiger partial charge < -0.3 is 10.6 Å². The zero-order valence-electron chi connectivity index (χ0n) is 13.1. The van der Waals surface area contributed by atoms with Gasteiger partial charge in [0.05, 0.1) is 6.54 Å². The molecular formula is C19H18N2O2S. The van der Waals surface area contributed by atoms with E-state index in [-0.39, 0.29) is 18.4 Å². The Morgan fingerprint density at radius 3 is 2.58 bits per heavy atom. The summed E-state index contributed by atoms with van der Waals surface area (Å²) in [6.45, 7) is 0.540. The van der Waals surface area contributed by atoms with Crippen molar-refractivity contribution in [2.45, 2.75) is 6.42 Å². The topological polar surface area (TPSA) is 58.2 Å². The van der Waals surface area contributed by atoms with Crippen molar-refractivity contribution >= 4 is 33.9 Å². The molecule has 0 saturated heterocycles. The molecule has 0 aliphatic rings. The van der Waals surface area contributed by atoms with E-state index in [1.165, 1.54) is 27.7 Å². The third-order valence-corrected chi connectivity index (χ3v) is 4.43. The SMILES string of the molecule is O=C(CNC(=O)c1ccsc1)NCCc1ccc2ccccc2c1. The average Bonchev–Trinajstić information content (AvgIpc) is 3.14. The lowest BCUT2D eigenvalue weighted by Crippen LogP contribution is -2.37. The molecule has 122 valence electrons. The minimum atomic E-state index is -0.221. The monoisotopic (exact) mass is 338 g/mol. The van der Waals surface area contributed by atoms with E-state index < -0.39 is 0 Å². The molecule has 3 rings (SSSR count). The maximum atomic E-state index is 11.8. The van der Waals surface area contributed by atoms with Crippen LogP contribution in [0.1, 0.15) is 15.9 Å². The summed E-state index contributed by atoms with van der Waals surface area (Å²) < 4.78 is 0. The standard InChI is InChI=1S/C19H18N2O2S/c22-18(12-21-19(23)17-8-10-24-13-17)20-9-7-14-5-6-15-3-1-2-4-16(15)11-14/h1-6,8,10-11,13H,7,9,12H2,(H,20,22)(H,21,23). The Kier molecular flexibility index (Phi) is 5.23. The van der Waals surface area contributed by atoms with Crippen molar-refractivity contribution in [1.29, 1.82) is 0 Å². The predicted molar refractivity (Wildman–Crippen MR) is 97.3 cm³/mol. The summed E-state index contributed by atoms with van der Waals surface area (Å²) in [5.41, 5.74) is 1.76. The number of hydrogen-bond acceptors (Lipinski definition) is 3. The van der Waals surface area contributed by atoms with E-state index in [2.05, 4.69) is 41.0 Å². The number of rotatable bonds is 6. The van der Waals surface area contributed by atoms with Crippen LogP contribution in [0.4, 0.5) is 0 Å². The molecule has 0 fully saturated rings. The van der Waals surface area contributed by atoms with Gasteiger partial charge in [-0.2, -0.15) is 11.3 Å². The summed E-state index contributed by atoms with van der Waals surface area (Å²) in [6.07, 6.45) is 0.759. The highest BCUT2D eigenvalue weighted by molar-refractivity contribution is 7.08. The number of fused-ring (bicyclic) bond motifs is 1. The van der Waals surface area contributed by atoms with Crippen molar-refractivity contribution in [2.24, 2.45) is 0 Å². The first-order valence-electron chi connectivity index (χ1n) is 7.77. The minimum absolute atomic E-state index is 0.00754. The van der Waals surface area contributed by atoms with Crippen LogP contribution in [0.3, 0.4) is 0 Å². The predicted octanol–water partition coefficient (Wildman–Crippen LogP) is 2.99. The van der Waals surface area contributed by atoms with Crippen LogP contribution in [-0.2, 0) is 11.2 Å². The highest BCUT2D eigenvalue weighted by Crippen LogP contribution is 2.15. The fourth-order valence-corrected chi connectivity index (χ4v) is 3.10. The lowest BCUT2D eigenvalue weighted by Gasteiger charge is -2.07. The van der Waals surface area contributed by atoms with Crippen LogP contribution in [0.15, 0.2) is 59.3 Å². The van der Waals surface area contributed by atoms with Crippen molar-refractivity contribution in [3.63, 3.8) is 0 Å². The summed E-state index contributed by atoms with van der Waals surface area (Å²) in [4.78, 5) is 23.5. The van der Waals surface area contributed by atoms with Gasteiger partial charge in [-0.25, -0.2) is 0 Å². The molecule has 0 unspecified atom stereocenters. The number of thiophene rings is 1. The molecule has 1 aromatic heterocycles. The van der Waals surface area contributed by atoms with E-state index in [0.29, 0.717) is 12.1 Å². The first-order chi connectivity index (χ1) is 11.7. The van der Waals surface area contributed by atoms with Gasteiger partial charge in [0.15, 0.2) is 0 Å². The van der Waals surface area contributed by atoms with Crippen LogP contribution < -0.4 is 10.6 Å². The summed E-state index contributed by atoms with van der Waals surface area (Å²) in [5, 5.41) is 11.4. The number of hydrogen-bond donors (Lipinski definition) is 2. The second-order valence-electron chi connectivity index (χ2n) is 5.48.